The van der Waals surface area contributed by atoms with E-state index in [2.05, 4.69) is 39.0 Å². The zero-order valence-corrected chi connectivity index (χ0v) is 13.0. The van der Waals surface area contributed by atoms with Crippen LogP contribution in [0.5, 0.6) is 0 Å². The highest BCUT2D eigenvalue weighted by Gasteiger charge is 2.33. The summed E-state index contributed by atoms with van der Waals surface area (Å²) >= 11 is 3.66. The van der Waals surface area contributed by atoms with Crippen LogP contribution in [0.2, 0.25) is 0 Å². The van der Waals surface area contributed by atoms with E-state index in [1.807, 2.05) is 0 Å². The molecule has 0 aromatic heterocycles. The predicted molar refractivity (Wildman–Crippen MR) is 84.4 cm³/mol. The summed E-state index contributed by atoms with van der Waals surface area (Å²) in [5.41, 5.74) is 8.31. The molecule has 0 spiro atoms. The quantitative estimate of drug-likeness (QED) is 0.889. The van der Waals surface area contributed by atoms with Crippen LogP contribution in [0.3, 0.4) is 0 Å². The van der Waals surface area contributed by atoms with Crippen molar-refractivity contribution < 1.29 is 0 Å². The average Bonchev–Trinajstić information content (AvgIpc) is 2.46. The van der Waals surface area contributed by atoms with E-state index in [-0.39, 0.29) is 0 Å². The first-order valence-corrected chi connectivity index (χ1v) is 8.34. The molecule has 104 valence electrons. The fourth-order valence-corrected chi connectivity index (χ4v) is 4.35. The van der Waals surface area contributed by atoms with Gasteiger partial charge in [0.15, 0.2) is 0 Å². The number of nitrogens with two attached hydrogens (primary N) is 1. The van der Waals surface area contributed by atoms with Gasteiger partial charge in [0.05, 0.1) is 0 Å². The third kappa shape index (κ3) is 2.68. The molecule has 1 aliphatic carbocycles. The summed E-state index contributed by atoms with van der Waals surface area (Å²) in [7, 11) is 0. The molecule has 0 radical (unpaired) electrons. The molecule has 3 rings (SSSR count). The SMILES string of the molecule is NCc1ccc(N2CCCC3CCCCC32)cc1Br. The number of rotatable bonds is 2. The van der Waals surface area contributed by atoms with Crippen molar-refractivity contribution >= 4 is 21.6 Å². The van der Waals surface area contributed by atoms with Gasteiger partial charge in [-0.3, -0.25) is 0 Å². The topological polar surface area (TPSA) is 29.3 Å². The zero-order chi connectivity index (χ0) is 13.2. The second-order valence-corrected chi connectivity index (χ2v) is 6.78. The number of piperidine rings is 1. The summed E-state index contributed by atoms with van der Waals surface area (Å²) in [6.07, 6.45) is 8.43. The number of hydrogen-bond acceptors (Lipinski definition) is 2. The molecule has 3 heteroatoms. The molecule has 1 heterocycles. The number of nitrogens with zero attached hydrogens (tertiary/aromatic N) is 1. The smallest absolute Gasteiger partial charge is 0.0380 e. The van der Waals surface area contributed by atoms with Gasteiger partial charge >= 0.3 is 0 Å². The van der Waals surface area contributed by atoms with Gasteiger partial charge in [-0.05, 0) is 49.3 Å². The Bertz CT molecular complexity index is 444. The van der Waals surface area contributed by atoms with Crippen LogP contribution in [0.15, 0.2) is 22.7 Å². The van der Waals surface area contributed by atoms with Crippen molar-refractivity contribution in [3.8, 4) is 0 Å². The fraction of sp³-hybridized carbons (Fsp3) is 0.625. The summed E-state index contributed by atoms with van der Waals surface area (Å²) in [6.45, 7) is 1.82. The van der Waals surface area contributed by atoms with Gasteiger partial charge in [0, 0.05) is 29.3 Å². The lowest BCUT2D eigenvalue weighted by Crippen LogP contribution is -2.46. The molecule has 0 amide bonds. The first kappa shape index (κ1) is 13.4. The molecule has 1 aliphatic heterocycles. The van der Waals surface area contributed by atoms with E-state index in [1.54, 1.807) is 0 Å². The lowest BCUT2D eigenvalue weighted by molar-refractivity contribution is 0.244. The van der Waals surface area contributed by atoms with E-state index in [0.717, 1.165) is 16.4 Å². The molecule has 1 aromatic carbocycles. The second kappa shape index (κ2) is 5.84. The predicted octanol–water partition coefficient (Wildman–Crippen LogP) is 4.07. The Morgan fingerprint density at radius 3 is 2.74 bits per heavy atom. The van der Waals surface area contributed by atoms with Crippen LogP contribution in [0, 0.1) is 5.92 Å². The third-order valence-electron chi connectivity index (χ3n) is 4.83. The van der Waals surface area contributed by atoms with Gasteiger partial charge in [-0.25, -0.2) is 0 Å². The Kier molecular flexibility index (Phi) is 4.13. The Balaban J connectivity index is 1.85. The van der Waals surface area contributed by atoms with Crippen LogP contribution in [0.4, 0.5) is 5.69 Å². The Morgan fingerprint density at radius 2 is 1.95 bits per heavy atom. The van der Waals surface area contributed by atoms with Crippen molar-refractivity contribution in [3.63, 3.8) is 0 Å². The summed E-state index contributed by atoms with van der Waals surface area (Å²) in [6, 6.07) is 7.47. The third-order valence-corrected chi connectivity index (χ3v) is 5.57. The van der Waals surface area contributed by atoms with Crippen molar-refractivity contribution in [2.75, 3.05) is 11.4 Å². The highest BCUT2D eigenvalue weighted by atomic mass is 79.9. The van der Waals surface area contributed by atoms with Gasteiger partial charge in [-0.15, -0.1) is 0 Å². The van der Waals surface area contributed by atoms with Gasteiger partial charge in [0.25, 0.3) is 0 Å². The van der Waals surface area contributed by atoms with E-state index in [9.17, 15) is 0 Å². The normalized spacial score (nSPS) is 27.2. The number of anilines is 1. The van der Waals surface area contributed by atoms with Gasteiger partial charge in [0.2, 0.25) is 0 Å². The first-order chi connectivity index (χ1) is 9.29. The summed E-state index contributed by atoms with van der Waals surface area (Å²) in [5, 5.41) is 0. The van der Waals surface area contributed by atoms with Crippen molar-refractivity contribution in [2.24, 2.45) is 11.7 Å². The van der Waals surface area contributed by atoms with Crippen LogP contribution < -0.4 is 10.6 Å². The first-order valence-electron chi connectivity index (χ1n) is 7.54. The van der Waals surface area contributed by atoms with E-state index < -0.39 is 0 Å². The highest BCUT2D eigenvalue weighted by molar-refractivity contribution is 9.10. The standard InChI is InChI=1S/C16H23BrN2/c17-15-10-14(8-7-13(15)11-18)19-9-3-5-12-4-1-2-6-16(12)19/h7-8,10,12,16H,1-6,9,11,18H2. The van der Waals surface area contributed by atoms with Gasteiger partial charge in [-0.1, -0.05) is 34.8 Å². The lowest BCUT2D eigenvalue weighted by Gasteiger charge is -2.45. The maximum atomic E-state index is 5.74. The zero-order valence-electron chi connectivity index (χ0n) is 11.4. The molecule has 2 unspecified atom stereocenters. The van der Waals surface area contributed by atoms with Crippen LogP contribution in [-0.2, 0) is 6.54 Å². The van der Waals surface area contributed by atoms with Crippen LogP contribution in [-0.4, -0.2) is 12.6 Å². The summed E-state index contributed by atoms with van der Waals surface area (Å²) < 4.78 is 1.16. The minimum absolute atomic E-state index is 0.604. The molecular formula is C16H23BrN2. The minimum atomic E-state index is 0.604. The van der Waals surface area contributed by atoms with Crippen molar-refractivity contribution in [2.45, 2.75) is 51.1 Å². The summed E-state index contributed by atoms with van der Waals surface area (Å²) in [4.78, 5) is 2.65. The Morgan fingerprint density at radius 1 is 1.16 bits per heavy atom. The van der Waals surface area contributed by atoms with Crippen molar-refractivity contribution in [1.29, 1.82) is 0 Å². The lowest BCUT2D eigenvalue weighted by atomic mass is 9.78. The fourth-order valence-electron chi connectivity index (χ4n) is 3.83. The number of benzene rings is 1. The molecular weight excluding hydrogens is 300 g/mol. The highest BCUT2D eigenvalue weighted by Crippen LogP contribution is 2.38. The molecule has 2 fully saturated rings. The molecule has 0 bridgehead atoms. The van der Waals surface area contributed by atoms with Gasteiger partial charge in [-0.2, -0.15) is 0 Å². The molecule has 2 aliphatic rings. The molecule has 1 saturated carbocycles. The second-order valence-electron chi connectivity index (χ2n) is 5.93. The maximum absolute atomic E-state index is 5.74. The van der Waals surface area contributed by atoms with Crippen molar-refractivity contribution in [3.05, 3.63) is 28.2 Å². The molecule has 2 atom stereocenters. The monoisotopic (exact) mass is 322 g/mol. The largest absolute Gasteiger partial charge is 0.368 e. The van der Waals surface area contributed by atoms with Crippen LogP contribution in [0.1, 0.15) is 44.1 Å². The Hall–Kier alpha value is -0.540. The van der Waals surface area contributed by atoms with Crippen LogP contribution in [0.25, 0.3) is 0 Å². The molecule has 2 N–H and O–H groups in total. The van der Waals surface area contributed by atoms with E-state index in [1.165, 1.54) is 56.3 Å². The molecule has 19 heavy (non-hydrogen) atoms. The maximum Gasteiger partial charge on any atom is 0.0380 e. The minimum Gasteiger partial charge on any atom is -0.368 e. The van der Waals surface area contributed by atoms with E-state index in [0.29, 0.717) is 6.54 Å². The van der Waals surface area contributed by atoms with E-state index >= 15 is 0 Å². The van der Waals surface area contributed by atoms with Gasteiger partial charge < -0.3 is 10.6 Å². The average molecular weight is 323 g/mol. The van der Waals surface area contributed by atoms with Crippen molar-refractivity contribution in [1.82, 2.24) is 0 Å². The van der Waals surface area contributed by atoms with E-state index in [4.69, 9.17) is 5.73 Å². The van der Waals surface area contributed by atoms with Crippen LogP contribution >= 0.6 is 15.9 Å². The Labute approximate surface area is 124 Å². The molecule has 1 aromatic rings. The number of hydrogen-bond donors (Lipinski definition) is 1. The number of fused-ring (bicyclic) bond motifs is 1. The number of halogens is 1. The molecule has 1 saturated heterocycles. The summed E-state index contributed by atoms with van der Waals surface area (Å²) in [5.74, 6) is 0.926. The van der Waals surface area contributed by atoms with Gasteiger partial charge in [0.1, 0.15) is 0 Å². The molecule has 2 nitrogen and oxygen atoms in total.